The zero-order valence-corrected chi connectivity index (χ0v) is 13.7. The first-order chi connectivity index (χ1) is 11.6. The molecule has 1 amide bonds. The highest BCUT2D eigenvalue weighted by Gasteiger charge is 2.19. The van der Waals surface area contributed by atoms with Crippen molar-refractivity contribution in [1.29, 1.82) is 0 Å². The highest BCUT2D eigenvalue weighted by Crippen LogP contribution is 2.36. The molecular weight excluding hydrogens is 320 g/mol. The molecule has 2 aromatic carbocycles. The summed E-state index contributed by atoms with van der Waals surface area (Å²) in [7, 11) is 0. The number of nitrogens with two attached hydrogens (primary N) is 2. The number of amides is 1. The van der Waals surface area contributed by atoms with Crippen LogP contribution in [-0.2, 0) is 0 Å². The van der Waals surface area contributed by atoms with E-state index >= 15 is 0 Å². The Balaban J connectivity index is 2.02. The number of anilines is 1. The topological polar surface area (TPSA) is 94.9 Å². The number of nitrogen functional groups attached to an aromatic ring is 1. The number of nitrogens with zero attached hydrogens (tertiary/aromatic N) is 2. The highest BCUT2D eigenvalue weighted by molar-refractivity contribution is 7.21. The lowest BCUT2D eigenvalue weighted by atomic mass is 10.0. The fourth-order valence-corrected chi connectivity index (χ4v) is 3.92. The molecule has 6 heteroatoms. The molecule has 0 radical (unpaired) electrons. The van der Waals surface area contributed by atoms with Crippen LogP contribution in [0.15, 0.2) is 42.5 Å². The minimum atomic E-state index is -0.540. The molecule has 0 saturated heterocycles. The molecule has 0 unspecified atom stereocenters. The van der Waals surface area contributed by atoms with Crippen LogP contribution in [0, 0.1) is 6.92 Å². The van der Waals surface area contributed by atoms with Crippen molar-refractivity contribution in [3.63, 3.8) is 0 Å². The van der Waals surface area contributed by atoms with Gasteiger partial charge in [0.25, 0.3) is 5.91 Å². The maximum absolute atomic E-state index is 11.5. The second-order valence-corrected chi connectivity index (χ2v) is 6.55. The monoisotopic (exact) mass is 334 g/mol. The molecule has 0 aliphatic rings. The van der Waals surface area contributed by atoms with E-state index in [2.05, 4.69) is 22.1 Å². The Morgan fingerprint density at radius 1 is 1.08 bits per heavy atom. The van der Waals surface area contributed by atoms with Gasteiger partial charge >= 0.3 is 0 Å². The third-order valence-electron chi connectivity index (χ3n) is 4.02. The van der Waals surface area contributed by atoms with Gasteiger partial charge in [-0.15, -0.1) is 11.3 Å². The summed E-state index contributed by atoms with van der Waals surface area (Å²) in [5, 5.41) is 2.91. The second-order valence-electron chi connectivity index (χ2n) is 5.55. The summed E-state index contributed by atoms with van der Waals surface area (Å²) >= 11 is 1.21. The van der Waals surface area contributed by atoms with Crippen molar-refractivity contribution >= 4 is 43.9 Å². The number of hydrogen-bond acceptors (Lipinski definition) is 5. The van der Waals surface area contributed by atoms with Crippen LogP contribution in [0.5, 0.6) is 0 Å². The Kier molecular flexibility index (Phi) is 3.21. The predicted octanol–water partition coefficient (Wildman–Crippen LogP) is 3.50. The van der Waals surface area contributed by atoms with Crippen molar-refractivity contribution in [2.75, 3.05) is 5.73 Å². The molecule has 0 aliphatic heterocycles. The molecule has 118 valence electrons. The Hall–Kier alpha value is -2.99. The number of carbonyl (C=O) groups is 1. The van der Waals surface area contributed by atoms with Crippen molar-refractivity contribution in [3.8, 4) is 11.4 Å². The number of aryl methyl sites for hydroxylation is 1. The Morgan fingerprint density at radius 3 is 2.62 bits per heavy atom. The van der Waals surface area contributed by atoms with Gasteiger partial charge in [-0.25, -0.2) is 9.97 Å². The van der Waals surface area contributed by atoms with Crippen LogP contribution < -0.4 is 11.5 Å². The summed E-state index contributed by atoms with van der Waals surface area (Å²) in [5.41, 5.74) is 13.5. The first-order valence-corrected chi connectivity index (χ1v) is 8.22. The molecule has 2 heterocycles. The molecule has 0 saturated carbocycles. The van der Waals surface area contributed by atoms with Crippen LogP contribution in [-0.4, -0.2) is 15.9 Å². The third kappa shape index (κ3) is 2.11. The van der Waals surface area contributed by atoms with E-state index in [1.54, 1.807) is 0 Å². The normalized spacial score (nSPS) is 11.2. The van der Waals surface area contributed by atoms with Gasteiger partial charge in [-0.1, -0.05) is 42.5 Å². The molecule has 2 aromatic heterocycles. The fourth-order valence-electron chi connectivity index (χ4n) is 2.92. The van der Waals surface area contributed by atoms with Gasteiger partial charge < -0.3 is 11.5 Å². The van der Waals surface area contributed by atoms with E-state index in [4.69, 9.17) is 11.5 Å². The van der Waals surface area contributed by atoms with E-state index in [0.717, 1.165) is 22.0 Å². The number of aromatic nitrogens is 2. The SMILES string of the molecule is Cc1nc(-c2cccc3ccccc23)nc2sc(C(N)=O)c(N)c12. The zero-order chi connectivity index (χ0) is 16.8. The summed E-state index contributed by atoms with van der Waals surface area (Å²) in [4.78, 5) is 21.8. The number of rotatable bonds is 2. The van der Waals surface area contributed by atoms with Crippen LogP contribution in [0.3, 0.4) is 0 Å². The van der Waals surface area contributed by atoms with Gasteiger partial charge in [-0.3, -0.25) is 4.79 Å². The molecule has 0 bridgehead atoms. The number of fused-ring (bicyclic) bond motifs is 2. The lowest BCUT2D eigenvalue weighted by Crippen LogP contribution is -2.10. The van der Waals surface area contributed by atoms with Gasteiger partial charge in [0.1, 0.15) is 9.71 Å². The standard InChI is InChI=1S/C18H14N4OS/c1-9-13-14(19)15(16(20)23)24-18(13)22-17(21-9)12-8-4-6-10-5-2-3-7-11(10)12/h2-8H,19H2,1H3,(H2,20,23). The van der Waals surface area contributed by atoms with Gasteiger partial charge in [0.2, 0.25) is 0 Å². The Morgan fingerprint density at radius 2 is 1.83 bits per heavy atom. The summed E-state index contributed by atoms with van der Waals surface area (Å²) in [5.74, 6) is 0.0793. The molecule has 4 rings (SSSR count). The third-order valence-corrected chi connectivity index (χ3v) is 5.14. The lowest BCUT2D eigenvalue weighted by molar-refractivity contribution is 0.100. The van der Waals surface area contributed by atoms with Gasteiger partial charge in [-0.2, -0.15) is 0 Å². The number of hydrogen-bond donors (Lipinski definition) is 2. The Bertz CT molecular complexity index is 1110. The number of carbonyl (C=O) groups excluding carboxylic acids is 1. The van der Waals surface area contributed by atoms with E-state index in [1.165, 1.54) is 11.3 Å². The van der Waals surface area contributed by atoms with Gasteiger partial charge in [-0.05, 0) is 17.7 Å². The minimum Gasteiger partial charge on any atom is -0.397 e. The predicted molar refractivity (Wildman–Crippen MR) is 98.0 cm³/mol. The first-order valence-electron chi connectivity index (χ1n) is 7.41. The van der Waals surface area contributed by atoms with Crippen molar-refractivity contribution in [2.24, 2.45) is 5.73 Å². The largest absolute Gasteiger partial charge is 0.397 e. The maximum Gasteiger partial charge on any atom is 0.260 e. The van der Waals surface area contributed by atoms with E-state index in [0.29, 0.717) is 26.6 Å². The van der Waals surface area contributed by atoms with Crippen LogP contribution in [0.4, 0.5) is 5.69 Å². The molecule has 5 nitrogen and oxygen atoms in total. The van der Waals surface area contributed by atoms with Gasteiger partial charge in [0.05, 0.1) is 16.8 Å². The van der Waals surface area contributed by atoms with E-state index in [9.17, 15) is 4.79 Å². The van der Waals surface area contributed by atoms with Crippen molar-refractivity contribution in [2.45, 2.75) is 6.92 Å². The minimum absolute atomic E-state index is 0.331. The average Bonchev–Trinajstić information content (AvgIpc) is 2.92. The van der Waals surface area contributed by atoms with Crippen LogP contribution in [0.2, 0.25) is 0 Å². The van der Waals surface area contributed by atoms with E-state index in [-0.39, 0.29) is 0 Å². The molecular formula is C18H14N4OS. The van der Waals surface area contributed by atoms with Crippen molar-refractivity contribution in [3.05, 3.63) is 53.0 Å². The second kappa shape index (κ2) is 5.28. The molecule has 4 aromatic rings. The maximum atomic E-state index is 11.5. The number of benzene rings is 2. The van der Waals surface area contributed by atoms with Gasteiger partial charge in [0.15, 0.2) is 5.82 Å². The lowest BCUT2D eigenvalue weighted by Gasteiger charge is -2.07. The smallest absolute Gasteiger partial charge is 0.260 e. The quantitative estimate of drug-likeness (QED) is 0.586. The van der Waals surface area contributed by atoms with Crippen LogP contribution in [0.25, 0.3) is 32.4 Å². The van der Waals surface area contributed by atoms with Gasteiger partial charge in [0, 0.05) is 5.56 Å². The summed E-state index contributed by atoms with van der Waals surface area (Å²) in [6.45, 7) is 1.87. The molecule has 0 spiro atoms. The summed E-state index contributed by atoms with van der Waals surface area (Å²) in [6.07, 6.45) is 0. The van der Waals surface area contributed by atoms with E-state index in [1.807, 2.05) is 37.3 Å². The average molecular weight is 334 g/mol. The summed E-state index contributed by atoms with van der Waals surface area (Å²) in [6, 6.07) is 14.1. The van der Waals surface area contributed by atoms with Crippen LogP contribution in [0.1, 0.15) is 15.4 Å². The van der Waals surface area contributed by atoms with Crippen LogP contribution >= 0.6 is 11.3 Å². The van der Waals surface area contributed by atoms with E-state index < -0.39 is 5.91 Å². The van der Waals surface area contributed by atoms with Crippen molar-refractivity contribution < 1.29 is 4.79 Å². The number of primary amides is 1. The number of thiophene rings is 1. The molecule has 0 fully saturated rings. The van der Waals surface area contributed by atoms with Crippen molar-refractivity contribution in [1.82, 2.24) is 9.97 Å². The molecule has 24 heavy (non-hydrogen) atoms. The zero-order valence-electron chi connectivity index (χ0n) is 12.9. The molecule has 0 atom stereocenters. The molecule has 4 N–H and O–H groups in total. The highest BCUT2D eigenvalue weighted by atomic mass is 32.1. The Labute approximate surface area is 142 Å². The fraction of sp³-hybridized carbons (Fsp3) is 0.0556. The first kappa shape index (κ1) is 14.6. The summed E-state index contributed by atoms with van der Waals surface area (Å²) < 4.78 is 0. The molecule has 0 aliphatic carbocycles.